The van der Waals surface area contributed by atoms with Crippen molar-refractivity contribution in [2.45, 2.75) is 4.87 Å². The monoisotopic (exact) mass is 189 g/mol. The number of aliphatic carboxylic acids is 1. The first-order valence-corrected chi connectivity index (χ1v) is 4.95. The number of aliphatic imine (C=N–C) groups is 1. The second-order valence-electron chi connectivity index (χ2n) is 2.41. The maximum Gasteiger partial charge on any atom is 0.351 e. The number of sulfone groups is 1. The molecule has 0 unspecified atom stereocenters. The Hall–Kier alpha value is -1.17. The Balaban J connectivity index is 3.33. The summed E-state index contributed by atoms with van der Waals surface area (Å²) in [5.41, 5.74) is 0. The van der Waals surface area contributed by atoms with Crippen molar-refractivity contribution in [2.24, 2.45) is 4.99 Å². The third-order valence-corrected chi connectivity index (χ3v) is 3.09. The van der Waals surface area contributed by atoms with Gasteiger partial charge >= 0.3 is 5.97 Å². The van der Waals surface area contributed by atoms with Crippen molar-refractivity contribution >= 4 is 22.0 Å². The fourth-order valence-corrected chi connectivity index (χ4v) is 1.77. The van der Waals surface area contributed by atoms with Gasteiger partial charge in [-0.25, -0.2) is 13.2 Å². The smallest absolute Gasteiger partial charge is 0.351 e. The Bertz CT molecular complexity index is 353. The SMILES string of the molecule is CS(=O)(=O)[C@]1(C(=O)O)C=CC=N1. The predicted octanol–water partition coefficient (Wildman–Crippen LogP) is -0.547. The van der Waals surface area contributed by atoms with Crippen LogP contribution < -0.4 is 0 Å². The lowest BCUT2D eigenvalue weighted by molar-refractivity contribution is -0.138. The second-order valence-corrected chi connectivity index (χ2v) is 4.58. The third-order valence-electron chi connectivity index (χ3n) is 1.55. The number of allylic oxidation sites excluding steroid dienone is 1. The number of nitrogens with zero attached hydrogens (tertiary/aromatic N) is 1. The first-order valence-electron chi connectivity index (χ1n) is 3.06. The van der Waals surface area contributed by atoms with Gasteiger partial charge in [0.25, 0.3) is 4.87 Å². The zero-order valence-electron chi connectivity index (χ0n) is 6.26. The largest absolute Gasteiger partial charge is 0.478 e. The first kappa shape index (κ1) is 8.92. The zero-order chi connectivity index (χ0) is 9.41. The molecule has 1 heterocycles. The molecule has 1 rings (SSSR count). The lowest BCUT2D eigenvalue weighted by Gasteiger charge is -2.15. The molecule has 0 radical (unpaired) electrons. The third kappa shape index (κ3) is 1.04. The van der Waals surface area contributed by atoms with Gasteiger partial charge in [0.2, 0.25) is 0 Å². The van der Waals surface area contributed by atoms with E-state index in [4.69, 9.17) is 5.11 Å². The van der Waals surface area contributed by atoms with Crippen molar-refractivity contribution in [3.63, 3.8) is 0 Å². The van der Waals surface area contributed by atoms with Crippen molar-refractivity contribution in [1.82, 2.24) is 0 Å². The van der Waals surface area contributed by atoms with Crippen LogP contribution in [0.3, 0.4) is 0 Å². The Morgan fingerprint density at radius 1 is 1.58 bits per heavy atom. The molecule has 1 N–H and O–H groups in total. The maximum atomic E-state index is 11.1. The van der Waals surface area contributed by atoms with Gasteiger partial charge in [0.1, 0.15) is 0 Å². The molecule has 0 aromatic heterocycles. The van der Waals surface area contributed by atoms with Crippen molar-refractivity contribution in [1.29, 1.82) is 0 Å². The standard InChI is InChI=1S/C6H7NO4S/c1-12(10,11)6(5(8)9)3-2-4-7-6/h2-4H,1H3,(H,8,9)/t6-/m0/s1. The molecule has 0 spiro atoms. The summed E-state index contributed by atoms with van der Waals surface area (Å²) in [5.74, 6) is -1.48. The van der Waals surface area contributed by atoms with Gasteiger partial charge in [-0.15, -0.1) is 0 Å². The number of hydrogen-bond donors (Lipinski definition) is 1. The van der Waals surface area contributed by atoms with Crippen molar-refractivity contribution in [2.75, 3.05) is 6.26 Å². The van der Waals surface area contributed by atoms with E-state index >= 15 is 0 Å². The Morgan fingerprint density at radius 2 is 2.17 bits per heavy atom. The molecule has 66 valence electrons. The van der Waals surface area contributed by atoms with E-state index in [-0.39, 0.29) is 0 Å². The summed E-state index contributed by atoms with van der Waals surface area (Å²) in [6, 6.07) is 0. The predicted molar refractivity (Wildman–Crippen MR) is 42.8 cm³/mol. The van der Waals surface area contributed by atoms with Gasteiger partial charge in [-0.1, -0.05) is 0 Å². The van der Waals surface area contributed by atoms with Crippen molar-refractivity contribution in [3.8, 4) is 0 Å². The first-order chi connectivity index (χ1) is 5.40. The summed E-state index contributed by atoms with van der Waals surface area (Å²) in [4.78, 5) is 12.0. The topological polar surface area (TPSA) is 83.8 Å². The summed E-state index contributed by atoms with van der Waals surface area (Å²) in [7, 11) is -3.75. The van der Waals surface area contributed by atoms with Crippen LogP contribution in [-0.2, 0) is 14.6 Å². The van der Waals surface area contributed by atoms with E-state index in [1.54, 1.807) is 0 Å². The summed E-state index contributed by atoms with van der Waals surface area (Å²) >= 11 is 0. The van der Waals surface area contributed by atoms with Gasteiger partial charge in [-0.3, -0.25) is 4.99 Å². The Labute approximate surface area is 69.3 Å². The molecule has 0 saturated heterocycles. The van der Waals surface area contributed by atoms with Gasteiger partial charge in [0.15, 0.2) is 9.84 Å². The number of rotatable bonds is 2. The van der Waals surface area contributed by atoms with Crippen LogP contribution in [0.25, 0.3) is 0 Å². The molecule has 0 aliphatic carbocycles. The number of hydrogen-bond acceptors (Lipinski definition) is 4. The molecule has 6 heteroatoms. The van der Waals surface area contributed by atoms with Gasteiger partial charge < -0.3 is 5.11 Å². The molecule has 0 saturated carbocycles. The van der Waals surface area contributed by atoms with Crippen LogP contribution in [0.1, 0.15) is 0 Å². The highest BCUT2D eigenvalue weighted by Gasteiger charge is 2.47. The minimum Gasteiger partial charge on any atom is -0.478 e. The highest BCUT2D eigenvalue weighted by atomic mass is 32.2. The van der Waals surface area contributed by atoms with Crippen molar-refractivity contribution < 1.29 is 18.3 Å². The summed E-state index contributed by atoms with van der Waals surface area (Å²) < 4.78 is 22.1. The molecule has 0 amide bonds. The fourth-order valence-electron chi connectivity index (χ4n) is 0.875. The molecule has 5 nitrogen and oxygen atoms in total. The maximum absolute atomic E-state index is 11.1. The van der Waals surface area contributed by atoms with Crippen LogP contribution in [0.15, 0.2) is 17.1 Å². The van der Waals surface area contributed by atoms with Crippen molar-refractivity contribution in [3.05, 3.63) is 12.2 Å². The van der Waals surface area contributed by atoms with Crippen LogP contribution in [0, 0.1) is 0 Å². The molecule has 0 fully saturated rings. The van der Waals surface area contributed by atoms with Crippen LogP contribution in [-0.4, -0.2) is 36.8 Å². The van der Waals surface area contributed by atoms with Gasteiger partial charge in [-0.05, 0) is 12.2 Å². The van der Waals surface area contributed by atoms with Gasteiger partial charge in [0.05, 0.1) is 0 Å². The van der Waals surface area contributed by atoms with E-state index in [1.165, 1.54) is 6.08 Å². The Kier molecular flexibility index (Phi) is 1.79. The Morgan fingerprint density at radius 3 is 2.33 bits per heavy atom. The molecule has 0 bridgehead atoms. The minimum absolute atomic E-state index is 0.841. The van der Waals surface area contributed by atoms with Crippen LogP contribution in [0.5, 0.6) is 0 Å². The summed E-state index contributed by atoms with van der Waals surface area (Å²) in [6.07, 6.45) is 4.35. The average molecular weight is 189 g/mol. The highest BCUT2D eigenvalue weighted by molar-refractivity contribution is 7.93. The van der Waals surface area contributed by atoms with E-state index in [9.17, 15) is 13.2 Å². The molecule has 12 heavy (non-hydrogen) atoms. The molecule has 1 aliphatic rings. The van der Waals surface area contributed by atoms with Gasteiger partial charge in [-0.2, -0.15) is 0 Å². The number of carboxylic acids is 1. The summed E-state index contributed by atoms with van der Waals surface area (Å²) in [5, 5.41) is 8.66. The van der Waals surface area contributed by atoms with E-state index in [0.29, 0.717) is 0 Å². The van der Waals surface area contributed by atoms with Crippen LogP contribution in [0.4, 0.5) is 0 Å². The fraction of sp³-hybridized carbons (Fsp3) is 0.333. The normalized spacial score (nSPS) is 27.8. The van der Waals surface area contributed by atoms with E-state index in [1.807, 2.05) is 0 Å². The molecule has 0 aromatic rings. The second kappa shape index (κ2) is 2.41. The quantitative estimate of drug-likeness (QED) is 0.631. The number of carboxylic acid groups (broad SMARTS) is 1. The van der Waals surface area contributed by atoms with Gasteiger partial charge in [0, 0.05) is 12.5 Å². The van der Waals surface area contributed by atoms with E-state index < -0.39 is 20.7 Å². The number of carbonyl (C=O) groups is 1. The molecule has 1 aliphatic heterocycles. The lowest BCUT2D eigenvalue weighted by Crippen LogP contribution is -2.41. The molecular weight excluding hydrogens is 182 g/mol. The molecule has 0 aromatic carbocycles. The average Bonchev–Trinajstić information content (AvgIpc) is 2.31. The summed E-state index contributed by atoms with van der Waals surface area (Å²) in [6.45, 7) is 0. The van der Waals surface area contributed by atoms with Crippen LogP contribution >= 0.6 is 0 Å². The zero-order valence-corrected chi connectivity index (χ0v) is 7.08. The molecular formula is C6H7NO4S. The van der Waals surface area contributed by atoms with Crippen LogP contribution in [0.2, 0.25) is 0 Å². The molecule has 1 atom stereocenters. The van der Waals surface area contributed by atoms with E-state index in [2.05, 4.69) is 4.99 Å². The minimum atomic E-state index is -3.75. The van der Waals surface area contributed by atoms with E-state index in [0.717, 1.165) is 18.5 Å². The highest BCUT2D eigenvalue weighted by Crippen LogP contribution is 2.23. The lowest BCUT2D eigenvalue weighted by atomic mass is 10.3.